The zero-order valence-electron chi connectivity index (χ0n) is 19.0. The molecule has 0 radical (unpaired) electrons. The van der Waals surface area contributed by atoms with Crippen LogP contribution < -0.4 is 24.4 Å². The number of amides is 3. The topological polar surface area (TPSA) is 143 Å². The van der Waals surface area contributed by atoms with E-state index in [-0.39, 0.29) is 17.8 Å². The molecule has 1 heterocycles. The number of carbonyl (C=O) groups is 2. The van der Waals surface area contributed by atoms with Crippen molar-refractivity contribution in [3.8, 4) is 5.75 Å². The Labute approximate surface area is 202 Å². The lowest BCUT2D eigenvalue weighted by Gasteiger charge is -2.26. The molecular formula is C23H24N6O5S. The van der Waals surface area contributed by atoms with Crippen molar-refractivity contribution >= 4 is 33.8 Å². The van der Waals surface area contributed by atoms with E-state index in [1.165, 1.54) is 23.4 Å². The fourth-order valence-electron chi connectivity index (χ4n) is 3.85. The van der Waals surface area contributed by atoms with Crippen LogP contribution in [0, 0.1) is 0 Å². The van der Waals surface area contributed by atoms with Gasteiger partial charge < -0.3 is 15.0 Å². The number of aromatic nitrogens is 2. The van der Waals surface area contributed by atoms with Gasteiger partial charge in [0, 0.05) is 31.0 Å². The minimum atomic E-state index is -4.34. The van der Waals surface area contributed by atoms with Crippen molar-refractivity contribution in [3.05, 3.63) is 78.6 Å². The molecule has 0 aliphatic heterocycles. The van der Waals surface area contributed by atoms with Crippen LogP contribution in [-0.4, -0.2) is 50.0 Å². The number of methoxy groups -OCH3 is 1. The third-order valence-electron chi connectivity index (χ3n) is 5.66. The highest BCUT2D eigenvalue weighted by Crippen LogP contribution is 2.52. The SMILES string of the molecule is COc1ccc(N(C)C(=O)C2(NC(=O)NS(=O)(=O)Nc3ncccn3)CC2c2ccccc2)cc1. The molecule has 0 bridgehead atoms. The average Bonchev–Trinajstić information content (AvgIpc) is 3.58. The van der Waals surface area contributed by atoms with E-state index in [9.17, 15) is 18.0 Å². The fourth-order valence-corrected chi connectivity index (χ4v) is 4.54. The molecule has 1 saturated carbocycles. The van der Waals surface area contributed by atoms with Crippen LogP contribution in [0.15, 0.2) is 73.1 Å². The molecule has 2 atom stereocenters. The molecule has 3 N–H and O–H groups in total. The number of carbonyl (C=O) groups excluding carboxylic acids is 2. The van der Waals surface area contributed by atoms with Gasteiger partial charge in [-0.1, -0.05) is 30.3 Å². The zero-order valence-corrected chi connectivity index (χ0v) is 19.8. The number of anilines is 2. The minimum absolute atomic E-state index is 0.202. The fraction of sp³-hybridized carbons (Fsp3) is 0.217. The molecule has 0 saturated heterocycles. The summed E-state index contributed by atoms with van der Waals surface area (Å²) in [6.45, 7) is 0. The van der Waals surface area contributed by atoms with E-state index in [1.807, 2.05) is 35.1 Å². The lowest BCUT2D eigenvalue weighted by Crippen LogP contribution is -2.55. The van der Waals surface area contributed by atoms with Crippen LogP contribution in [0.3, 0.4) is 0 Å². The number of urea groups is 1. The number of nitrogens with one attached hydrogen (secondary N) is 3. The van der Waals surface area contributed by atoms with Crippen molar-refractivity contribution in [3.63, 3.8) is 0 Å². The van der Waals surface area contributed by atoms with Gasteiger partial charge in [0.25, 0.3) is 5.91 Å². The maximum absolute atomic E-state index is 13.6. The van der Waals surface area contributed by atoms with Gasteiger partial charge in [-0.15, -0.1) is 0 Å². The van der Waals surface area contributed by atoms with Gasteiger partial charge in [0.05, 0.1) is 7.11 Å². The number of ether oxygens (including phenoxy) is 1. The van der Waals surface area contributed by atoms with Crippen LogP contribution in [0.2, 0.25) is 0 Å². The predicted octanol–water partition coefficient (Wildman–Crippen LogP) is 2.03. The molecule has 3 amide bonds. The third-order valence-corrected chi connectivity index (χ3v) is 6.57. The molecule has 3 aromatic rings. The zero-order chi connectivity index (χ0) is 25.1. The second kappa shape index (κ2) is 9.58. The summed E-state index contributed by atoms with van der Waals surface area (Å²) in [6.07, 6.45) is 3.00. The van der Waals surface area contributed by atoms with Crippen LogP contribution in [-0.2, 0) is 15.0 Å². The Bertz CT molecular complexity index is 1310. The first-order valence-corrected chi connectivity index (χ1v) is 12.1. The highest BCUT2D eigenvalue weighted by molar-refractivity contribution is 7.91. The molecule has 11 nitrogen and oxygen atoms in total. The quantitative estimate of drug-likeness (QED) is 0.433. The lowest BCUT2D eigenvalue weighted by molar-refractivity contribution is -0.121. The Hall–Kier alpha value is -4.19. The Morgan fingerprint density at radius 3 is 2.31 bits per heavy atom. The molecule has 2 aromatic carbocycles. The summed E-state index contributed by atoms with van der Waals surface area (Å²) in [7, 11) is -1.20. The number of nitrogens with zero attached hydrogens (tertiary/aromatic N) is 3. The van der Waals surface area contributed by atoms with E-state index in [1.54, 1.807) is 38.4 Å². The normalized spacial score (nSPS) is 18.7. The van der Waals surface area contributed by atoms with Gasteiger partial charge in [-0.2, -0.15) is 8.42 Å². The molecule has 12 heteroatoms. The van der Waals surface area contributed by atoms with Gasteiger partial charge >= 0.3 is 16.2 Å². The Morgan fingerprint density at radius 2 is 1.69 bits per heavy atom. The third kappa shape index (κ3) is 5.32. The van der Waals surface area contributed by atoms with E-state index in [4.69, 9.17) is 4.74 Å². The van der Waals surface area contributed by atoms with Crippen LogP contribution in [0.4, 0.5) is 16.4 Å². The molecule has 1 aromatic heterocycles. The summed E-state index contributed by atoms with van der Waals surface area (Å²) >= 11 is 0. The van der Waals surface area contributed by atoms with E-state index >= 15 is 0 Å². The standard InChI is InChI=1S/C23H24N6O5S/c1-29(17-9-11-18(34-2)12-10-17)20(30)23(15-19(23)16-7-4-3-5-8-16)26-22(31)28-35(32,33)27-21-24-13-6-14-25-21/h3-14,19H,15H2,1-2H3,(H,24,25,27)(H2,26,28,31). The molecule has 1 fully saturated rings. The number of hydrogen-bond acceptors (Lipinski definition) is 7. The molecule has 2 unspecified atom stereocenters. The Balaban J connectivity index is 1.55. The summed E-state index contributed by atoms with van der Waals surface area (Å²) in [4.78, 5) is 35.3. The van der Waals surface area contributed by atoms with Crippen LogP contribution in [0.25, 0.3) is 0 Å². The summed E-state index contributed by atoms with van der Waals surface area (Å²) in [5.74, 6) is -0.291. The van der Waals surface area contributed by atoms with E-state index in [0.717, 1.165) is 5.56 Å². The second-order valence-corrected chi connectivity index (χ2v) is 9.35. The monoisotopic (exact) mass is 496 g/mol. The molecule has 182 valence electrons. The highest BCUT2D eigenvalue weighted by atomic mass is 32.2. The van der Waals surface area contributed by atoms with Gasteiger partial charge in [-0.25, -0.2) is 24.2 Å². The number of rotatable bonds is 8. The summed E-state index contributed by atoms with van der Waals surface area (Å²) < 4.78 is 33.9. The van der Waals surface area contributed by atoms with Crippen molar-refractivity contribution in [2.75, 3.05) is 23.8 Å². The molecular weight excluding hydrogens is 472 g/mol. The van der Waals surface area contributed by atoms with Crippen LogP contribution >= 0.6 is 0 Å². The van der Waals surface area contributed by atoms with E-state index < -0.39 is 21.8 Å². The van der Waals surface area contributed by atoms with Crippen molar-refractivity contribution < 1.29 is 22.7 Å². The predicted molar refractivity (Wildman–Crippen MR) is 129 cm³/mol. The number of hydrogen-bond donors (Lipinski definition) is 3. The van der Waals surface area contributed by atoms with Crippen molar-refractivity contribution in [2.45, 2.75) is 17.9 Å². The summed E-state index contributed by atoms with van der Waals surface area (Å²) in [5, 5.41) is 2.60. The van der Waals surface area contributed by atoms with Gasteiger partial charge in [-0.3, -0.25) is 4.79 Å². The molecule has 0 spiro atoms. The van der Waals surface area contributed by atoms with Gasteiger partial charge in [0.1, 0.15) is 11.3 Å². The van der Waals surface area contributed by atoms with Crippen molar-refractivity contribution in [1.29, 1.82) is 0 Å². The Kier molecular flexibility index (Phi) is 6.56. The molecule has 35 heavy (non-hydrogen) atoms. The van der Waals surface area contributed by atoms with E-state index in [0.29, 0.717) is 17.9 Å². The summed E-state index contributed by atoms with van der Waals surface area (Å²) in [6, 6.07) is 16.6. The van der Waals surface area contributed by atoms with E-state index in [2.05, 4.69) is 20.0 Å². The Morgan fingerprint density at radius 1 is 1.03 bits per heavy atom. The number of likely N-dealkylation sites (N-methyl/N-ethyl adjacent to an activating group) is 1. The van der Waals surface area contributed by atoms with Gasteiger partial charge in [-0.05, 0) is 42.3 Å². The van der Waals surface area contributed by atoms with Crippen molar-refractivity contribution in [2.24, 2.45) is 0 Å². The average molecular weight is 497 g/mol. The molecule has 4 rings (SSSR count). The maximum atomic E-state index is 13.6. The lowest BCUT2D eigenvalue weighted by atomic mass is 10.0. The first-order chi connectivity index (χ1) is 16.7. The molecule has 1 aliphatic carbocycles. The van der Waals surface area contributed by atoms with Gasteiger partial charge in [0.15, 0.2) is 0 Å². The smallest absolute Gasteiger partial charge is 0.330 e. The van der Waals surface area contributed by atoms with Crippen LogP contribution in [0.5, 0.6) is 5.75 Å². The van der Waals surface area contributed by atoms with Gasteiger partial charge in [0.2, 0.25) is 5.95 Å². The highest BCUT2D eigenvalue weighted by Gasteiger charge is 2.63. The first-order valence-electron chi connectivity index (χ1n) is 10.6. The maximum Gasteiger partial charge on any atom is 0.330 e. The molecule has 1 aliphatic rings. The number of benzene rings is 2. The van der Waals surface area contributed by atoms with Crippen LogP contribution in [0.1, 0.15) is 17.9 Å². The summed E-state index contributed by atoms with van der Waals surface area (Å²) in [5.41, 5.74) is 0.105. The minimum Gasteiger partial charge on any atom is -0.497 e. The second-order valence-electron chi connectivity index (χ2n) is 7.94. The van der Waals surface area contributed by atoms with Crippen molar-refractivity contribution in [1.82, 2.24) is 20.0 Å². The first kappa shape index (κ1) is 24.0. The largest absolute Gasteiger partial charge is 0.497 e.